The van der Waals surface area contributed by atoms with Crippen LogP contribution < -0.4 is 0 Å². The van der Waals surface area contributed by atoms with Crippen LogP contribution >= 0.6 is 0 Å². The van der Waals surface area contributed by atoms with Gasteiger partial charge in [0.05, 0.1) is 35.0 Å². The molecule has 0 spiro atoms. The molecular weight excluding hydrogens is 408 g/mol. The Kier molecular flexibility index (Phi) is 4.35. The number of imidazole rings is 1. The SMILES string of the molecule is Fc1ccc(-n2nccc2-c2ccc3ncc(-c4ccc(C(F)(F)F)cc4)n3c2)cc1. The van der Waals surface area contributed by atoms with E-state index < -0.39 is 11.7 Å². The highest BCUT2D eigenvalue weighted by molar-refractivity contribution is 5.68. The van der Waals surface area contributed by atoms with Crippen molar-refractivity contribution < 1.29 is 17.6 Å². The fourth-order valence-corrected chi connectivity index (χ4v) is 3.49. The summed E-state index contributed by atoms with van der Waals surface area (Å²) in [6, 6.07) is 16.5. The molecule has 0 fully saturated rings. The predicted octanol–water partition coefficient (Wildman–Crippen LogP) is 6.01. The zero-order valence-corrected chi connectivity index (χ0v) is 15.9. The molecule has 31 heavy (non-hydrogen) atoms. The molecule has 5 aromatic rings. The van der Waals surface area contributed by atoms with Gasteiger partial charge in [-0.3, -0.25) is 4.40 Å². The average Bonchev–Trinajstić information content (AvgIpc) is 3.40. The van der Waals surface area contributed by atoms with Crippen molar-refractivity contribution in [1.82, 2.24) is 19.2 Å². The Morgan fingerprint density at radius 3 is 2.16 bits per heavy atom. The Morgan fingerprint density at radius 1 is 0.742 bits per heavy atom. The molecule has 8 heteroatoms. The number of rotatable bonds is 3. The van der Waals surface area contributed by atoms with Crippen LogP contribution in [0.5, 0.6) is 0 Å². The molecule has 0 atom stereocenters. The van der Waals surface area contributed by atoms with Gasteiger partial charge in [0.15, 0.2) is 0 Å². The minimum absolute atomic E-state index is 0.335. The molecule has 0 unspecified atom stereocenters. The minimum Gasteiger partial charge on any atom is -0.299 e. The molecule has 3 aromatic heterocycles. The van der Waals surface area contributed by atoms with Crippen molar-refractivity contribution in [2.24, 2.45) is 0 Å². The second-order valence-electron chi connectivity index (χ2n) is 6.97. The number of hydrogen-bond acceptors (Lipinski definition) is 2. The summed E-state index contributed by atoms with van der Waals surface area (Å²) in [5.74, 6) is -0.335. The first-order valence-corrected chi connectivity index (χ1v) is 9.35. The Bertz CT molecular complexity index is 1360. The van der Waals surface area contributed by atoms with Crippen molar-refractivity contribution in [3.8, 4) is 28.2 Å². The van der Waals surface area contributed by atoms with Crippen molar-refractivity contribution in [1.29, 1.82) is 0 Å². The highest BCUT2D eigenvalue weighted by Crippen LogP contribution is 2.32. The van der Waals surface area contributed by atoms with Crippen LogP contribution in [-0.2, 0) is 6.18 Å². The van der Waals surface area contributed by atoms with Crippen molar-refractivity contribution in [2.45, 2.75) is 6.18 Å². The lowest BCUT2D eigenvalue weighted by Gasteiger charge is -2.10. The summed E-state index contributed by atoms with van der Waals surface area (Å²) in [5, 5.41) is 4.34. The summed E-state index contributed by atoms with van der Waals surface area (Å²) in [7, 11) is 0. The molecule has 5 rings (SSSR count). The zero-order chi connectivity index (χ0) is 21.6. The molecule has 0 amide bonds. The topological polar surface area (TPSA) is 35.1 Å². The normalized spacial score (nSPS) is 11.9. The van der Waals surface area contributed by atoms with E-state index in [1.807, 2.05) is 28.8 Å². The van der Waals surface area contributed by atoms with Crippen LogP contribution in [0.15, 0.2) is 85.3 Å². The summed E-state index contributed by atoms with van der Waals surface area (Å²) < 4.78 is 55.4. The molecule has 0 N–H and O–H groups in total. The average molecular weight is 422 g/mol. The van der Waals surface area contributed by atoms with Gasteiger partial charge in [-0.25, -0.2) is 14.1 Å². The lowest BCUT2D eigenvalue weighted by Crippen LogP contribution is -2.04. The number of aromatic nitrogens is 4. The van der Waals surface area contributed by atoms with E-state index in [-0.39, 0.29) is 5.82 Å². The molecular formula is C23H14F4N4. The van der Waals surface area contributed by atoms with E-state index in [9.17, 15) is 17.6 Å². The van der Waals surface area contributed by atoms with E-state index >= 15 is 0 Å². The summed E-state index contributed by atoms with van der Waals surface area (Å²) >= 11 is 0. The Morgan fingerprint density at radius 2 is 1.45 bits per heavy atom. The summed E-state index contributed by atoms with van der Waals surface area (Å²) in [4.78, 5) is 4.36. The fraction of sp³-hybridized carbons (Fsp3) is 0.0435. The largest absolute Gasteiger partial charge is 0.416 e. The zero-order valence-electron chi connectivity index (χ0n) is 15.9. The number of alkyl halides is 3. The summed E-state index contributed by atoms with van der Waals surface area (Å²) in [6.07, 6.45) is 0.739. The van der Waals surface area contributed by atoms with E-state index in [1.165, 1.54) is 24.3 Å². The van der Waals surface area contributed by atoms with Gasteiger partial charge in [-0.15, -0.1) is 0 Å². The van der Waals surface area contributed by atoms with Gasteiger partial charge in [0, 0.05) is 17.3 Å². The third-order valence-corrected chi connectivity index (χ3v) is 5.02. The smallest absolute Gasteiger partial charge is 0.299 e. The maximum Gasteiger partial charge on any atom is 0.416 e. The minimum atomic E-state index is -4.38. The predicted molar refractivity (Wildman–Crippen MR) is 108 cm³/mol. The first-order chi connectivity index (χ1) is 14.9. The van der Waals surface area contributed by atoms with Gasteiger partial charge < -0.3 is 0 Å². The lowest BCUT2D eigenvalue weighted by atomic mass is 10.1. The van der Waals surface area contributed by atoms with Crippen molar-refractivity contribution in [3.63, 3.8) is 0 Å². The standard InChI is InChI=1S/C23H14F4N4/c24-18-6-8-19(9-7-18)31-20(11-12-29-31)16-3-10-22-28-13-21(30(22)14-16)15-1-4-17(5-2-15)23(25,26)27/h1-14H. The third kappa shape index (κ3) is 3.46. The van der Waals surface area contributed by atoms with Crippen LogP contribution in [-0.4, -0.2) is 19.2 Å². The Balaban J connectivity index is 1.58. The van der Waals surface area contributed by atoms with E-state index in [2.05, 4.69) is 10.1 Å². The molecule has 0 aliphatic rings. The van der Waals surface area contributed by atoms with Crippen molar-refractivity contribution >= 4 is 5.65 Å². The number of benzene rings is 2. The molecule has 0 aliphatic heterocycles. The van der Waals surface area contributed by atoms with Crippen LogP contribution in [0.1, 0.15) is 5.56 Å². The number of hydrogen-bond donors (Lipinski definition) is 0. The van der Waals surface area contributed by atoms with Crippen LogP contribution in [0.3, 0.4) is 0 Å². The molecule has 154 valence electrons. The van der Waals surface area contributed by atoms with Gasteiger partial charge in [0.1, 0.15) is 11.5 Å². The van der Waals surface area contributed by atoms with E-state index in [4.69, 9.17) is 0 Å². The molecule has 0 bridgehead atoms. The second kappa shape index (κ2) is 7.09. The Hall–Kier alpha value is -3.94. The van der Waals surface area contributed by atoms with Gasteiger partial charge in [-0.2, -0.15) is 18.3 Å². The number of pyridine rings is 1. The molecule has 3 heterocycles. The maximum atomic E-state index is 13.3. The molecule has 4 nitrogen and oxygen atoms in total. The van der Waals surface area contributed by atoms with E-state index in [0.717, 1.165) is 23.4 Å². The van der Waals surface area contributed by atoms with Gasteiger partial charge in [-0.05, 0) is 54.6 Å². The van der Waals surface area contributed by atoms with E-state index in [1.54, 1.807) is 29.2 Å². The highest BCUT2D eigenvalue weighted by Gasteiger charge is 2.30. The van der Waals surface area contributed by atoms with Gasteiger partial charge in [0.25, 0.3) is 0 Å². The lowest BCUT2D eigenvalue weighted by molar-refractivity contribution is -0.137. The van der Waals surface area contributed by atoms with Crippen LogP contribution in [0.4, 0.5) is 17.6 Å². The fourth-order valence-electron chi connectivity index (χ4n) is 3.49. The number of nitrogens with zero attached hydrogens (tertiary/aromatic N) is 4. The molecule has 0 saturated heterocycles. The highest BCUT2D eigenvalue weighted by atomic mass is 19.4. The second-order valence-corrected chi connectivity index (χ2v) is 6.97. The summed E-state index contributed by atoms with van der Waals surface area (Å²) in [6.45, 7) is 0. The number of fused-ring (bicyclic) bond motifs is 1. The van der Waals surface area contributed by atoms with Crippen LogP contribution in [0.25, 0.3) is 33.8 Å². The van der Waals surface area contributed by atoms with Gasteiger partial charge >= 0.3 is 6.18 Å². The first kappa shape index (κ1) is 19.0. The van der Waals surface area contributed by atoms with Crippen molar-refractivity contribution in [3.05, 3.63) is 96.7 Å². The third-order valence-electron chi connectivity index (χ3n) is 5.02. The molecule has 0 aliphatic carbocycles. The quantitative estimate of drug-likeness (QED) is 0.334. The van der Waals surface area contributed by atoms with Crippen LogP contribution in [0.2, 0.25) is 0 Å². The van der Waals surface area contributed by atoms with Gasteiger partial charge in [0.2, 0.25) is 0 Å². The molecule has 0 radical (unpaired) electrons. The van der Waals surface area contributed by atoms with Crippen LogP contribution in [0, 0.1) is 5.82 Å². The monoisotopic (exact) mass is 422 g/mol. The first-order valence-electron chi connectivity index (χ1n) is 9.35. The van der Waals surface area contributed by atoms with Crippen molar-refractivity contribution in [2.75, 3.05) is 0 Å². The number of halogens is 4. The summed E-state index contributed by atoms with van der Waals surface area (Å²) in [5.41, 5.74) is 3.54. The van der Waals surface area contributed by atoms with E-state index in [0.29, 0.717) is 22.6 Å². The maximum absolute atomic E-state index is 13.3. The van der Waals surface area contributed by atoms with Gasteiger partial charge in [-0.1, -0.05) is 12.1 Å². The molecule has 2 aromatic carbocycles. The molecule has 0 saturated carbocycles. The Labute approximate surface area is 174 Å².